The Hall–Kier alpha value is -0.900. The molecule has 0 aliphatic heterocycles. The van der Waals surface area contributed by atoms with Gasteiger partial charge in [-0.05, 0) is 38.3 Å². The zero-order valence-electron chi connectivity index (χ0n) is 11.2. The first-order chi connectivity index (χ1) is 8.47. The fourth-order valence-electron chi connectivity index (χ4n) is 2.77. The predicted molar refractivity (Wildman–Crippen MR) is 72.2 cm³/mol. The Balaban J connectivity index is 1.87. The Bertz CT molecular complexity index is 371. The molecule has 1 unspecified atom stereocenters. The number of likely N-dealkylation sites (N-methyl/N-ethyl adjacent to an activating group) is 1. The van der Waals surface area contributed by atoms with Crippen molar-refractivity contribution in [2.24, 2.45) is 5.92 Å². The number of aliphatic hydroxyl groups is 2. The number of benzene rings is 1. The van der Waals surface area contributed by atoms with Crippen molar-refractivity contribution in [2.75, 3.05) is 20.1 Å². The maximum atomic E-state index is 10.5. The van der Waals surface area contributed by atoms with Gasteiger partial charge in [-0.2, -0.15) is 0 Å². The highest BCUT2D eigenvalue weighted by Gasteiger charge is 2.30. The van der Waals surface area contributed by atoms with Crippen LogP contribution in [0.25, 0.3) is 0 Å². The molecule has 1 aromatic rings. The third kappa shape index (κ3) is 3.31. The summed E-state index contributed by atoms with van der Waals surface area (Å²) in [5.74, 6) is 0.580. The Labute approximate surface area is 109 Å². The molecule has 2 N–H and O–H groups in total. The van der Waals surface area contributed by atoms with Gasteiger partial charge in [0.1, 0.15) is 0 Å². The SMILES string of the molecule is CN(CC1CC(O)C1)CC(C)(O)c1ccccc1. The first kappa shape index (κ1) is 13.5. The van der Waals surface area contributed by atoms with Crippen molar-refractivity contribution in [1.82, 2.24) is 4.90 Å². The summed E-state index contributed by atoms with van der Waals surface area (Å²) in [6.45, 7) is 3.41. The number of rotatable bonds is 5. The highest BCUT2D eigenvalue weighted by atomic mass is 16.3. The van der Waals surface area contributed by atoms with Crippen LogP contribution in [0.2, 0.25) is 0 Å². The van der Waals surface area contributed by atoms with Crippen molar-refractivity contribution in [1.29, 1.82) is 0 Å². The fourth-order valence-corrected chi connectivity index (χ4v) is 2.77. The Kier molecular flexibility index (Phi) is 4.05. The first-order valence-electron chi connectivity index (χ1n) is 6.62. The molecule has 1 atom stereocenters. The molecule has 2 rings (SSSR count). The van der Waals surface area contributed by atoms with E-state index < -0.39 is 5.60 Å². The van der Waals surface area contributed by atoms with Crippen LogP contribution in [0.5, 0.6) is 0 Å². The molecule has 1 fully saturated rings. The molecule has 100 valence electrons. The summed E-state index contributed by atoms with van der Waals surface area (Å²) in [6.07, 6.45) is 1.70. The van der Waals surface area contributed by atoms with E-state index in [0.717, 1.165) is 24.9 Å². The van der Waals surface area contributed by atoms with Gasteiger partial charge in [0.05, 0.1) is 11.7 Å². The summed E-state index contributed by atoms with van der Waals surface area (Å²) in [5, 5.41) is 19.8. The standard InChI is InChI=1S/C15H23NO2/c1-15(18,13-6-4-3-5-7-13)11-16(2)10-12-8-14(17)9-12/h3-7,12,14,17-18H,8-11H2,1-2H3. The normalized spacial score (nSPS) is 26.7. The summed E-state index contributed by atoms with van der Waals surface area (Å²) in [5.41, 5.74) is 0.128. The van der Waals surface area contributed by atoms with Gasteiger partial charge in [-0.3, -0.25) is 0 Å². The molecule has 1 aromatic carbocycles. The van der Waals surface area contributed by atoms with E-state index in [-0.39, 0.29) is 6.10 Å². The highest BCUT2D eigenvalue weighted by molar-refractivity contribution is 5.21. The molecule has 3 nitrogen and oxygen atoms in total. The maximum Gasteiger partial charge on any atom is 0.0994 e. The quantitative estimate of drug-likeness (QED) is 0.833. The van der Waals surface area contributed by atoms with E-state index in [4.69, 9.17) is 0 Å². The molecular weight excluding hydrogens is 226 g/mol. The van der Waals surface area contributed by atoms with Crippen LogP contribution in [-0.4, -0.2) is 41.4 Å². The average Bonchev–Trinajstić information content (AvgIpc) is 2.27. The van der Waals surface area contributed by atoms with Gasteiger partial charge in [-0.1, -0.05) is 30.3 Å². The number of aliphatic hydroxyl groups excluding tert-OH is 1. The van der Waals surface area contributed by atoms with Crippen molar-refractivity contribution in [2.45, 2.75) is 31.5 Å². The van der Waals surface area contributed by atoms with Gasteiger partial charge in [-0.15, -0.1) is 0 Å². The Morgan fingerprint density at radius 2 is 1.89 bits per heavy atom. The predicted octanol–water partition coefficient (Wildman–Crippen LogP) is 1.60. The molecule has 0 radical (unpaired) electrons. The fraction of sp³-hybridized carbons (Fsp3) is 0.600. The Morgan fingerprint density at radius 1 is 1.28 bits per heavy atom. The summed E-state index contributed by atoms with van der Waals surface area (Å²) >= 11 is 0. The minimum atomic E-state index is -0.821. The van der Waals surface area contributed by atoms with Crippen LogP contribution in [0, 0.1) is 5.92 Å². The molecule has 18 heavy (non-hydrogen) atoms. The van der Waals surface area contributed by atoms with E-state index in [1.54, 1.807) is 0 Å². The minimum Gasteiger partial charge on any atom is -0.393 e. The number of nitrogens with zero attached hydrogens (tertiary/aromatic N) is 1. The van der Waals surface area contributed by atoms with E-state index >= 15 is 0 Å². The van der Waals surface area contributed by atoms with Gasteiger partial charge in [0.15, 0.2) is 0 Å². The first-order valence-corrected chi connectivity index (χ1v) is 6.62. The van der Waals surface area contributed by atoms with E-state index in [0.29, 0.717) is 12.5 Å². The van der Waals surface area contributed by atoms with Crippen LogP contribution < -0.4 is 0 Å². The van der Waals surface area contributed by atoms with Crippen LogP contribution in [0.4, 0.5) is 0 Å². The van der Waals surface area contributed by atoms with Crippen LogP contribution in [0.15, 0.2) is 30.3 Å². The van der Waals surface area contributed by atoms with Gasteiger partial charge < -0.3 is 15.1 Å². The van der Waals surface area contributed by atoms with E-state index in [1.807, 2.05) is 44.3 Å². The number of hydrogen-bond donors (Lipinski definition) is 2. The topological polar surface area (TPSA) is 43.7 Å². The molecule has 0 spiro atoms. The van der Waals surface area contributed by atoms with Crippen LogP contribution in [0.3, 0.4) is 0 Å². The summed E-state index contributed by atoms with van der Waals surface area (Å²) in [7, 11) is 2.03. The smallest absolute Gasteiger partial charge is 0.0994 e. The van der Waals surface area contributed by atoms with Crippen molar-refractivity contribution in [3.8, 4) is 0 Å². The molecular formula is C15H23NO2. The zero-order chi connectivity index (χ0) is 13.2. The van der Waals surface area contributed by atoms with E-state index in [1.165, 1.54) is 0 Å². The molecule has 0 amide bonds. The molecule has 1 saturated carbocycles. The third-order valence-electron chi connectivity index (χ3n) is 3.75. The second kappa shape index (κ2) is 5.39. The van der Waals surface area contributed by atoms with Crippen molar-refractivity contribution in [3.63, 3.8) is 0 Å². The van der Waals surface area contributed by atoms with Crippen LogP contribution in [-0.2, 0) is 5.60 Å². The third-order valence-corrected chi connectivity index (χ3v) is 3.75. The van der Waals surface area contributed by atoms with Crippen molar-refractivity contribution in [3.05, 3.63) is 35.9 Å². The van der Waals surface area contributed by atoms with Gasteiger partial charge in [0.25, 0.3) is 0 Å². The zero-order valence-corrected chi connectivity index (χ0v) is 11.2. The lowest BCUT2D eigenvalue weighted by molar-refractivity contribution is -0.00525. The van der Waals surface area contributed by atoms with E-state index in [9.17, 15) is 10.2 Å². The molecule has 3 heteroatoms. The van der Waals surface area contributed by atoms with Crippen molar-refractivity contribution >= 4 is 0 Å². The van der Waals surface area contributed by atoms with Gasteiger partial charge in [0.2, 0.25) is 0 Å². The maximum absolute atomic E-state index is 10.5. The van der Waals surface area contributed by atoms with Gasteiger partial charge in [0, 0.05) is 13.1 Å². The van der Waals surface area contributed by atoms with Crippen molar-refractivity contribution < 1.29 is 10.2 Å². The lowest BCUT2D eigenvalue weighted by atomic mass is 9.82. The Morgan fingerprint density at radius 3 is 2.44 bits per heavy atom. The summed E-state index contributed by atoms with van der Waals surface area (Å²) < 4.78 is 0. The molecule has 0 saturated heterocycles. The molecule has 1 aliphatic carbocycles. The average molecular weight is 249 g/mol. The lowest BCUT2D eigenvalue weighted by Gasteiger charge is -2.37. The molecule has 0 heterocycles. The van der Waals surface area contributed by atoms with Gasteiger partial charge >= 0.3 is 0 Å². The van der Waals surface area contributed by atoms with E-state index in [2.05, 4.69) is 4.90 Å². The molecule has 1 aliphatic rings. The monoisotopic (exact) mass is 249 g/mol. The summed E-state index contributed by atoms with van der Waals surface area (Å²) in [4.78, 5) is 2.16. The van der Waals surface area contributed by atoms with Crippen LogP contribution >= 0.6 is 0 Å². The minimum absolute atomic E-state index is 0.0990. The van der Waals surface area contributed by atoms with Gasteiger partial charge in [-0.25, -0.2) is 0 Å². The number of hydrogen-bond acceptors (Lipinski definition) is 3. The largest absolute Gasteiger partial charge is 0.393 e. The molecule has 0 bridgehead atoms. The summed E-state index contributed by atoms with van der Waals surface area (Å²) in [6, 6.07) is 9.78. The van der Waals surface area contributed by atoms with Crippen LogP contribution in [0.1, 0.15) is 25.3 Å². The lowest BCUT2D eigenvalue weighted by Crippen LogP contribution is -2.42. The highest BCUT2D eigenvalue weighted by Crippen LogP contribution is 2.29. The second-order valence-electron chi connectivity index (χ2n) is 5.83. The molecule has 0 aromatic heterocycles. The second-order valence-corrected chi connectivity index (χ2v) is 5.83.